The van der Waals surface area contributed by atoms with Crippen molar-refractivity contribution in [3.8, 4) is 0 Å². The molecule has 0 aromatic heterocycles. The number of methoxy groups -OCH3 is 1. The van der Waals surface area contributed by atoms with Gasteiger partial charge in [-0.2, -0.15) is 0 Å². The number of carbonyl (C=O) groups is 3. The number of esters is 1. The van der Waals surface area contributed by atoms with E-state index in [1.807, 2.05) is 0 Å². The fourth-order valence-electron chi connectivity index (χ4n) is 2.16. The maximum atomic E-state index is 12.0. The first-order valence-corrected chi connectivity index (χ1v) is 8.39. The van der Waals surface area contributed by atoms with Gasteiger partial charge in [-0.3, -0.25) is 14.4 Å². The van der Waals surface area contributed by atoms with Gasteiger partial charge in [-0.15, -0.1) is 0 Å². The molecular weight excluding hydrogens is 324 g/mol. The second-order valence-electron chi connectivity index (χ2n) is 5.09. The third-order valence-electron chi connectivity index (χ3n) is 3.35. The molecule has 1 heterocycles. The Bertz CT molecular complexity index is 741. The highest BCUT2D eigenvalue weighted by Crippen LogP contribution is 2.28. The summed E-state index contributed by atoms with van der Waals surface area (Å²) >= 11 is 0. The van der Waals surface area contributed by atoms with Crippen LogP contribution in [0.5, 0.6) is 0 Å². The number of nitrogens with one attached hydrogen (secondary N) is 1. The molecular formula is C14H16N2O6S. The highest BCUT2D eigenvalue weighted by Gasteiger charge is 2.41. The van der Waals surface area contributed by atoms with Crippen molar-refractivity contribution >= 4 is 33.5 Å². The molecule has 1 aliphatic heterocycles. The van der Waals surface area contributed by atoms with Crippen LogP contribution in [0.4, 0.5) is 5.69 Å². The smallest absolute Gasteiger partial charge is 0.325 e. The molecule has 0 radical (unpaired) electrons. The Morgan fingerprint density at radius 3 is 2.39 bits per heavy atom. The zero-order valence-electron chi connectivity index (χ0n) is 12.6. The lowest BCUT2D eigenvalue weighted by atomic mass is 10.1. The van der Waals surface area contributed by atoms with Gasteiger partial charge in [0, 0.05) is 5.56 Å². The van der Waals surface area contributed by atoms with Crippen molar-refractivity contribution in [2.24, 2.45) is 5.92 Å². The molecule has 2 rings (SSSR count). The molecule has 1 aromatic rings. The molecule has 124 valence electrons. The van der Waals surface area contributed by atoms with Crippen molar-refractivity contribution in [3.05, 3.63) is 29.8 Å². The van der Waals surface area contributed by atoms with Crippen molar-refractivity contribution < 1.29 is 27.5 Å². The number of rotatable bonds is 4. The van der Waals surface area contributed by atoms with Gasteiger partial charge < -0.3 is 10.1 Å². The number of ether oxygens (including phenoxy) is 1. The number of anilines is 1. The van der Waals surface area contributed by atoms with Gasteiger partial charge in [0.25, 0.3) is 5.91 Å². The van der Waals surface area contributed by atoms with Crippen LogP contribution in [0.1, 0.15) is 17.3 Å². The molecule has 0 saturated carbocycles. The van der Waals surface area contributed by atoms with E-state index in [9.17, 15) is 22.8 Å². The average Bonchev–Trinajstić information content (AvgIpc) is 2.72. The fraction of sp³-hybridized carbons (Fsp3) is 0.357. The summed E-state index contributed by atoms with van der Waals surface area (Å²) in [6.07, 6.45) is 0. The van der Waals surface area contributed by atoms with Crippen LogP contribution < -0.4 is 9.62 Å². The van der Waals surface area contributed by atoms with Crippen LogP contribution in [0.15, 0.2) is 24.3 Å². The molecule has 0 unspecified atom stereocenters. The highest BCUT2D eigenvalue weighted by atomic mass is 32.2. The molecule has 1 aliphatic rings. The lowest BCUT2D eigenvalue weighted by molar-refractivity contribution is -0.139. The fourth-order valence-corrected chi connectivity index (χ4v) is 3.98. The summed E-state index contributed by atoms with van der Waals surface area (Å²) in [7, 11) is -2.47. The maximum absolute atomic E-state index is 12.0. The molecule has 1 aromatic carbocycles. The summed E-state index contributed by atoms with van der Waals surface area (Å²) in [6, 6.07) is 5.52. The number of nitrogens with zero attached hydrogens (tertiary/aromatic N) is 1. The lowest BCUT2D eigenvalue weighted by Gasteiger charge is -2.15. The second-order valence-corrected chi connectivity index (χ2v) is 6.95. The second kappa shape index (κ2) is 6.37. The Labute approximate surface area is 133 Å². The Morgan fingerprint density at radius 1 is 1.30 bits per heavy atom. The summed E-state index contributed by atoms with van der Waals surface area (Å²) in [4.78, 5) is 34.8. The highest BCUT2D eigenvalue weighted by molar-refractivity contribution is 7.94. The van der Waals surface area contributed by atoms with Crippen molar-refractivity contribution in [1.29, 1.82) is 0 Å². The van der Waals surface area contributed by atoms with Crippen LogP contribution in [0, 0.1) is 5.92 Å². The summed E-state index contributed by atoms with van der Waals surface area (Å²) in [6.45, 7) is 1.28. The molecule has 1 atom stereocenters. The lowest BCUT2D eigenvalue weighted by Crippen LogP contribution is -2.31. The first-order chi connectivity index (χ1) is 10.8. The van der Waals surface area contributed by atoms with E-state index in [-0.39, 0.29) is 23.5 Å². The van der Waals surface area contributed by atoms with Crippen molar-refractivity contribution in [2.75, 3.05) is 23.7 Å². The van der Waals surface area contributed by atoms with Gasteiger partial charge >= 0.3 is 5.97 Å². The van der Waals surface area contributed by atoms with Crippen LogP contribution in [0.3, 0.4) is 0 Å². The zero-order chi connectivity index (χ0) is 17.2. The van der Waals surface area contributed by atoms with Gasteiger partial charge in [0.15, 0.2) is 0 Å². The summed E-state index contributed by atoms with van der Waals surface area (Å²) < 4.78 is 29.1. The van der Waals surface area contributed by atoms with E-state index in [4.69, 9.17) is 0 Å². The minimum absolute atomic E-state index is 0.184. The van der Waals surface area contributed by atoms with Crippen LogP contribution in [0.2, 0.25) is 0 Å². The van der Waals surface area contributed by atoms with E-state index in [0.29, 0.717) is 0 Å². The van der Waals surface area contributed by atoms with Crippen LogP contribution in [-0.2, 0) is 24.3 Å². The third-order valence-corrected chi connectivity index (χ3v) is 5.21. The first kappa shape index (κ1) is 16.9. The number of hydrogen-bond donors (Lipinski definition) is 1. The van der Waals surface area contributed by atoms with Crippen molar-refractivity contribution in [3.63, 3.8) is 0 Å². The quantitative estimate of drug-likeness (QED) is 0.767. The number of sulfonamides is 1. The van der Waals surface area contributed by atoms with Crippen LogP contribution in [0.25, 0.3) is 0 Å². The van der Waals surface area contributed by atoms with Crippen LogP contribution >= 0.6 is 0 Å². The molecule has 23 heavy (non-hydrogen) atoms. The Morgan fingerprint density at radius 2 is 1.91 bits per heavy atom. The zero-order valence-corrected chi connectivity index (χ0v) is 13.4. The minimum atomic E-state index is -3.67. The summed E-state index contributed by atoms with van der Waals surface area (Å²) in [5, 5.41) is 2.36. The molecule has 0 spiro atoms. The van der Waals surface area contributed by atoms with E-state index in [0.717, 1.165) is 4.31 Å². The Balaban J connectivity index is 2.15. The molecule has 1 saturated heterocycles. The average molecular weight is 340 g/mol. The van der Waals surface area contributed by atoms with E-state index in [1.54, 1.807) is 6.92 Å². The standard InChI is InChI=1S/C14H16N2O6S/c1-9-8-23(20,21)16(14(9)19)11-5-3-10(4-6-11)13(18)15-7-12(17)22-2/h3-6,9H,7-8H2,1-2H3,(H,15,18)/t9-/m0/s1. The largest absolute Gasteiger partial charge is 0.468 e. The topological polar surface area (TPSA) is 110 Å². The third kappa shape index (κ3) is 3.50. The molecule has 1 N–H and O–H groups in total. The van der Waals surface area contributed by atoms with Crippen molar-refractivity contribution in [1.82, 2.24) is 5.32 Å². The molecule has 9 heteroatoms. The van der Waals surface area contributed by atoms with Gasteiger partial charge in [0.2, 0.25) is 15.9 Å². The van der Waals surface area contributed by atoms with E-state index < -0.39 is 33.7 Å². The number of amides is 2. The van der Waals surface area contributed by atoms with Gasteiger partial charge in [-0.25, -0.2) is 12.7 Å². The van der Waals surface area contributed by atoms with Gasteiger partial charge in [0.05, 0.1) is 24.5 Å². The van der Waals surface area contributed by atoms with E-state index in [1.165, 1.54) is 31.4 Å². The normalized spacial score (nSPS) is 19.5. The summed E-state index contributed by atoms with van der Waals surface area (Å²) in [5.41, 5.74) is 0.415. The predicted molar refractivity (Wildman–Crippen MR) is 81.2 cm³/mol. The minimum Gasteiger partial charge on any atom is -0.468 e. The molecule has 1 fully saturated rings. The van der Waals surface area contributed by atoms with E-state index >= 15 is 0 Å². The van der Waals surface area contributed by atoms with Gasteiger partial charge in [-0.05, 0) is 24.3 Å². The van der Waals surface area contributed by atoms with Crippen molar-refractivity contribution in [2.45, 2.75) is 6.92 Å². The molecule has 0 bridgehead atoms. The maximum Gasteiger partial charge on any atom is 0.325 e. The molecule has 8 nitrogen and oxygen atoms in total. The summed E-state index contributed by atoms with van der Waals surface area (Å²) in [5.74, 6) is -2.41. The number of hydrogen-bond acceptors (Lipinski definition) is 6. The van der Waals surface area contributed by atoms with Gasteiger partial charge in [0.1, 0.15) is 6.54 Å². The SMILES string of the molecule is COC(=O)CNC(=O)c1ccc(N2C(=O)[C@@H](C)CS2(=O)=O)cc1. The Kier molecular flexibility index (Phi) is 4.69. The Hall–Kier alpha value is -2.42. The number of carbonyl (C=O) groups excluding carboxylic acids is 3. The predicted octanol–water partition coefficient (Wildman–Crippen LogP) is -0.0981. The van der Waals surface area contributed by atoms with Gasteiger partial charge in [-0.1, -0.05) is 6.92 Å². The van der Waals surface area contributed by atoms with E-state index in [2.05, 4.69) is 10.1 Å². The molecule has 0 aliphatic carbocycles. The molecule has 2 amide bonds. The monoisotopic (exact) mass is 340 g/mol. The first-order valence-electron chi connectivity index (χ1n) is 6.78. The number of benzene rings is 1. The van der Waals surface area contributed by atoms with Crippen LogP contribution in [-0.4, -0.2) is 45.6 Å².